The highest BCUT2D eigenvalue weighted by molar-refractivity contribution is 5.94. The minimum absolute atomic E-state index is 0.0543. The Kier molecular flexibility index (Phi) is 6.79. The van der Waals surface area contributed by atoms with Gasteiger partial charge in [-0.2, -0.15) is 5.10 Å². The molecule has 2 saturated heterocycles. The fourth-order valence-corrected chi connectivity index (χ4v) is 4.99. The Morgan fingerprint density at radius 1 is 0.917 bits per heavy atom. The van der Waals surface area contributed by atoms with Crippen molar-refractivity contribution in [2.45, 2.75) is 19.8 Å². The van der Waals surface area contributed by atoms with E-state index >= 15 is 0 Å². The summed E-state index contributed by atoms with van der Waals surface area (Å²) in [5, 5.41) is 7.14. The van der Waals surface area contributed by atoms with E-state index < -0.39 is 0 Å². The quantitative estimate of drug-likeness (QED) is 0.557. The Balaban J connectivity index is 1.17. The molecule has 3 aromatic rings. The van der Waals surface area contributed by atoms with Gasteiger partial charge in [0.05, 0.1) is 11.6 Å². The summed E-state index contributed by atoms with van der Waals surface area (Å²) in [5.41, 5.74) is 3.78. The number of piperidine rings is 1. The number of hydrogen-bond acceptors (Lipinski definition) is 6. The number of carbonyl (C=O) groups excluding carboxylic acids is 3. The molecule has 2 aliphatic heterocycles. The molecule has 1 N–H and O–H groups in total. The molecule has 2 aliphatic rings. The third-order valence-electron chi connectivity index (χ3n) is 7.07. The number of carbonyl (C=O) groups is 3. The van der Waals surface area contributed by atoms with Gasteiger partial charge >= 0.3 is 0 Å². The highest BCUT2D eigenvalue weighted by Crippen LogP contribution is 2.24. The molecule has 9 nitrogen and oxygen atoms in total. The first-order chi connectivity index (χ1) is 17.5. The van der Waals surface area contributed by atoms with Crippen LogP contribution in [0.3, 0.4) is 0 Å². The summed E-state index contributed by atoms with van der Waals surface area (Å²) in [6, 6.07) is 13.1. The van der Waals surface area contributed by atoms with Crippen molar-refractivity contribution in [3.63, 3.8) is 0 Å². The molecule has 4 heterocycles. The van der Waals surface area contributed by atoms with E-state index in [0.717, 1.165) is 37.2 Å². The second-order valence-corrected chi connectivity index (χ2v) is 9.41. The molecular formula is C27H30N6O3. The molecule has 5 rings (SSSR count). The molecule has 186 valence electrons. The number of H-pyrrole nitrogens is 1. The monoisotopic (exact) mass is 486 g/mol. The van der Waals surface area contributed by atoms with Crippen LogP contribution in [0.4, 0.5) is 5.69 Å². The van der Waals surface area contributed by atoms with E-state index in [2.05, 4.69) is 20.1 Å². The Hall–Kier alpha value is -4.01. The lowest BCUT2D eigenvalue weighted by atomic mass is 9.95. The number of nitrogens with zero attached hydrogens (tertiary/aromatic N) is 5. The van der Waals surface area contributed by atoms with Crippen molar-refractivity contribution in [3.05, 3.63) is 66.1 Å². The Labute approximate surface area is 210 Å². The summed E-state index contributed by atoms with van der Waals surface area (Å²) in [7, 11) is 0. The number of Topliss-reactive ketones (excluding diaryl/α,β-unsaturated/α-hetero) is 1. The van der Waals surface area contributed by atoms with Crippen molar-refractivity contribution in [1.29, 1.82) is 0 Å². The Bertz CT molecular complexity index is 1230. The number of ketones is 1. The topological polar surface area (TPSA) is 102 Å². The highest BCUT2D eigenvalue weighted by Gasteiger charge is 2.33. The van der Waals surface area contributed by atoms with Gasteiger partial charge in [0.2, 0.25) is 5.91 Å². The van der Waals surface area contributed by atoms with Gasteiger partial charge < -0.3 is 14.7 Å². The number of pyridine rings is 1. The number of rotatable bonds is 5. The molecule has 9 heteroatoms. The van der Waals surface area contributed by atoms with Crippen molar-refractivity contribution in [3.8, 4) is 11.3 Å². The van der Waals surface area contributed by atoms with E-state index in [9.17, 15) is 14.4 Å². The zero-order valence-electron chi connectivity index (χ0n) is 20.4. The van der Waals surface area contributed by atoms with E-state index in [1.54, 1.807) is 30.3 Å². The van der Waals surface area contributed by atoms with E-state index in [4.69, 9.17) is 0 Å². The fourth-order valence-electron chi connectivity index (χ4n) is 4.99. The zero-order chi connectivity index (χ0) is 25.1. The number of aromatic nitrogens is 3. The number of piperazine rings is 1. The van der Waals surface area contributed by atoms with Gasteiger partial charge in [-0.25, -0.2) is 0 Å². The van der Waals surface area contributed by atoms with Gasteiger partial charge in [0.25, 0.3) is 5.91 Å². The van der Waals surface area contributed by atoms with Crippen LogP contribution in [0.5, 0.6) is 0 Å². The minimum atomic E-state index is -0.188. The first kappa shape index (κ1) is 23.7. The van der Waals surface area contributed by atoms with Crippen LogP contribution < -0.4 is 4.90 Å². The SMILES string of the molecule is CC(=O)c1ccc(N2CCN(C(=O)[C@@H]3CCCN(C(=O)c4cc(-c5ccncc5)n[nH]4)C3)CC2)cc1. The number of benzene rings is 1. The van der Waals surface area contributed by atoms with Crippen LogP contribution in [0, 0.1) is 5.92 Å². The van der Waals surface area contributed by atoms with Crippen molar-refractivity contribution in [1.82, 2.24) is 25.0 Å². The number of hydrogen-bond donors (Lipinski definition) is 1. The maximum absolute atomic E-state index is 13.3. The summed E-state index contributed by atoms with van der Waals surface area (Å²) in [6.07, 6.45) is 4.98. The molecule has 1 aromatic carbocycles. The molecule has 0 unspecified atom stereocenters. The van der Waals surface area contributed by atoms with Crippen molar-refractivity contribution < 1.29 is 14.4 Å². The van der Waals surface area contributed by atoms with Crippen LogP contribution >= 0.6 is 0 Å². The first-order valence-electron chi connectivity index (χ1n) is 12.4. The molecule has 2 fully saturated rings. The summed E-state index contributed by atoms with van der Waals surface area (Å²) in [4.78, 5) is 47.9. The molecule has 0 aliphatic carbocycles. The molecule has 0 radical (unpaired) electrons. The van der Waals surface area contributed by atoms with Crippen LogP contribution in [0.15, 0.2) is 54.9 Å². The number of amides is 2. The number of likely N-dealkylation sites (tertiary alicyclic amines) is 1. The van der Waals surface area contributed by atoms with Gasteiger partial charge in [-0.05, 0) is 62.2 Å². The average molecular weight is 487 g/mol. The van der Waals surface area contributed by atoms with Gasteiger partial charge in [-0.15, -0.1) is 0 Å². The van der Waals surface area contributed by atoms with Gasteiger partial charge in [-0.3, -0.25) is 24.5 Å². The van der Waals surface area contributed by atoms with E-state index in [0.29, 0.717) is 43.1 Å². The average Bonchev–Trinajstić information content (AvgIpc) is 3.43. The van der Waals surface area contributed by atoms with Crippen molar-refractivity contribution in [2.75, 3.05) is 44.2 Å². The summed E-state index contributed by atoms with van der Waals surface area (Å²) in [6.45, 7) is 5.40. The summed E-state index contributed by atoms with van der Waals surface area (Å²) >= 11 is 0. The maximum Gasteiger partial charge on any atom is 0.271 e. The second-order valence-electron chi connectivity index (χ2n) is 9.41. The molecule has 0 bridgehead atoms. The smallest absolute Gasteiger partial charge is 0.271 e. The molecule has 2 aromatic heterocycles. The molecule has 0 spiro atoms. The van der Waals surface area contributed by atoms with Crippen LogP contribution in [-0.2, 0) is 4.79 Å². The van der Waals surface area contributed by atoms with E-state index in [1.165, 1.54) is 0 Å². The number of nitrogens with one attached hydrogen (secondary N) is 1. The van der Waals surface area contributed by atoms with Crippen LogP contribution in [0.2, 0.25) is 0 Å². The lowest BCUT2D eigenvalue weighted by Crippen LogP contribution is -2.53. The predicted molar refractivity (Wildman–Crippen MR) is 136 cm³/mol. The van der Waals surface area contributed by atoms with Crippen LogP contribution in [0.25, 0.3) is 11.3 Å². The molecule has 36 heavy (non-hydrogen) atoms. The van der Waals surface area contributed by atoms with E-state index in [1.807, 2.05) is 41.3 Å². The standard InChI is InChI=1S/C27H30N6O3/c1-19(34)20-4-6-23(7-5-20)31-13-15-32(16-14-31)26(35)22-3-2-12-33(18-22)27(36)25-17-24(29-30-25)21-8-10-28-11-9-21/h4-11,17,22H,2-3,12-16,18H2,1H3,(H,29,30)/t22-/m1/s1. The van der Waals surface area contributed by atoms with E-state index in [-0.39, 0.29) is 23.5 Å². The molecule has 1 atom stereocenters. The third kappa shape index (κ3) is 5.00. The van der Waals surface area contributed by atoms with Gasteiger partial charge in [0, 0.05) is 68.5 Å². The zero-order valence-corrected chi connectivity index (χ0v) is 20.4. The van der Waals surface area contributed by atoms with Gasteiger partial charge in [0.1, 0.15) is 5.69 Å². The fraction of sp³-hybridized carbons (Fsp3) is 0.370. The second kappa shape index (κ2) is 10.3. The molecule has 2 amide bonds. The molecular weight excluding hydrogens is 456 g/mol. The normalized spacial score (nSPS) is 18.2. The number of anilines is 1. The van der Waals surface area contributed by atoms with Crippen LogP contribution in [-0.4, -0.2) is 81.8 Å². The summed E-state index contributed by atoms with van der Waals surface area (Å²) < 4.78 is 0. The third-order valence-corrected chi connectivity index (χ3v) is 7.07. The highest BCUT2D eigenvalue weighted by atomic mass is 16.2. The largest absolute Gasteiger partial charge is 0.368 e. The van der Waals surface area contributed by atoms with Gasteiger partial charge in [-0.1, -0.05) is 0 Å². The molecule has 0 saturated carbocycles. The summed E-state index contributed by atoms with van der Waals surface area (Å²) in [5.74, 6) is -0.134. The predicted octanol–water partition coefficient (Wildman–Crippen LogP) is 2.88. The minimum Gasteiger partial charge on any atom is -0.368 e. The maximum atomic E-state index is 13.3. The lowest BCUT2D eigenvalue weighted by molar-refractivity contribution is -0.137. The Morgan fingerprint density at radius 2 is 1.64 bits per heavy atom. The number of aromatic amines is 1. The van der Waals surface area contributed by atoms with Gasteiger partial charge in [0.15, 0.2) is 5.78 Å². The van der Waals surface area contributed by atoms with Crippen molar-refractivity contribution >= 4 is 23.3 Å². The van der Waals surface area contributed by atoms with Crippen LogP contribution in [0.1, 0.15) is 40.6 Å². The first-order valence-corrected chi connectivity index (χ1v) is 12.4. The Morgan fingerprint density at radius 3 is 2.33 bits per heavy atom. The van der Waals surface area contributed by atoms with Crippen molar-refractivity contribution in [2.24, 2.45) is 5.92 Å². The lowest BCUT2D eigenvalue weighted by Gasteiger charge is -2.39.